The molecular weight excluding hydrogens is 260 g/mol. The monoisotopic (exact) mass is 280 g/mol. The van der Waals surface area contributed by atoms with Crippen molar-refractivity contribution in [2.45, 2.75) is 45.4 Å². The van der Waals surface area contributed by atoms with Crippen molar-refractivity contribution >= 4 is 0 Å². The third-order valence-corrected chi connectivity index (χ3v) is 3.13. The molecule has 6 heteroatoms. The number of nitrogens with one attached hydrogen (secondary N) is 1. The summed E-state index contributed by atoms with van der Waals surface area (Å²) >= 11 is 0. The average molecular weight is 280 g/mol. The van der Waals surface area contributed by atoms with Crippen molar-refractivity contribution in [3.63, 3.8) is 0 Å². The van der Waals surface area contributed by atoms with Crippen molar-refractivity contribution in [3.8, 4) is 12.3 Å². The Hall–Kier alpha value is -1.84. The smallest absolute Gasteiger partial charge is 0.330 e. The molecule has 20 heavy (non-hydrogen) atoms. The summed E-state index contributed by atoms with van der Waals surface area (Å²) in [5, 5.41) is 9.24. The molecule has 0 bridgehead atoms. The van der Waals surface area contributed by atoms with Crippen LogP contribution in [-0.4, -0.2) is 26.9 Å². The lowest BCUT2D eigenvalue weighted by molar-refractivity contribution is -0.0649. The van der Waals surface area contributed by atoms with Gasteiger partial charge in [0.1, 0.15) is 6.23 Å². The van der Waals surface area contributed by atoms with Crippen LogP contribution in [-0.2, 0) is 4.74 Å². The minimum Gasteiger partial charge on any atom is -0.392 e. The van der Waals surface area contributed by atoms with Crippen molar-refractivity contribution in [1.82, 2.24) is 9.55 Å². The van der Waals surface area contributed by atoms with Crippen LogP contribution >= 0.6 is 0 Å². The van der Waals surface area contributed by atoms with E-state index >= 15 is 0 Å². The van der Waals surface area contributed by atoms with Crippen LogP contribution in [0, 0.1) is 19.3 Å². The van der Waals surface area contributed by atoms with Crippen LogP contribution in [0.4, 0.5) is 0 Å². The molecule has 0 spiro atoms. The highest BCUT2D eigenvalue weighted by atomic mass is 16.5. The molecule has 2 unspecified atom stereocenters. The number of nitrogens with zero attached hydrogens (tertiary/aromatic N) is 1. The van der Waals surface area contributed by atoms with Crippen LogP contribution in [0.25, 0.3) is 0 Å². The Labute approximate surface area is 117 Å². The number of aryl methyl sites for hydroxylation is 1. The number of terminal acetylenes is 1. The van der Waals surface area contributed by atoms with Gasteiger partial charge in [-0.25, -0.2) is 4.79 Å². The zero-order valence-corrected chi connectivity index (χ0v) is 12.0. The topological polar surface area (TPSA) is 84.3 Å². The van der Waals surface area contributed by atoms with E-state index < -0.39 is 23.1 Å². The predicted octanol–water partition coefficient (Wildman–Crippen LogP) is 0.545. The van der Waals surface area contributed by atoms with Gasteiger partial charge in [0.15, 0.2) is 5.60 Å². The van der Waals surface area contributed by atoms with Gasteiger partial charge < -0.3 is 9.84 Å². The highest BCUT2D eigenvalue weighted by Crippen LogP contribution is 2.34. The van der Waals surface area contributed by atoms with Crippen molar-refractivity contribution in [2.75, 3.05) is 6.61 Å². The van der Waals surface area contributed by atoms with Gasteiger partial charge in [-0.2, -0.15) is 0 Å². The van der Waals surface area contributed by atoms with E-state index in [1.165, 1.54) is 10.8 Å². The molecule has 2 heterocycles. The number of aromatic nitrogens is 2. The number of aliphatic hydroxyl groups excluding tert-OH is 1. The summed E-state index contributed by atoms with van der Waals surface area (Å²) in [6.07, 6.45) is 7.19. The van der Waals surface area contributed by atoms with Gasteiger partial charge in [-0.15, -0.1) is 6.42 Å². The van der Waals surface area contributed by atoms with E-state index in [1.54, 1.807) is 6.92 Å². The van der Waals surface area contributed by atoms with Crippen molar-refractivity contribution in [3.05, 3.63) is 32.6 Å². The maximum Gasteiger partial charge on any atom is 0.330 e. The lowest BCUT2D eigenvalue weighted by Crippen LogP contribution is -2.36. The lowest BCUT2D eigenvalue weighted by Gasteiger charge is -2.21. The first-order chi connectivity index (χ1) is 9.51. The van der Waals surface area contributed by atoms with Crippen molar-refractivity contribution in [1.29, 1.82) is 0 Å². The second-order valence-corrected chi connectivity index (χ2v) is 4.39. The Morgan fingerprint density at radius 2 is 2.25 bits per heavy atom. The Bertz CT molecular complexity index is 611. The quantitative estimate of drug-likeness (QED) is 0.775. The third-order valence-electron chi connectivity index (χ3n) is 3.13. The second kappa shape index (κ2) is 6.55. The third kappa shape index (κ3) is 3.00. The van der Waals surface area contributed by atoms with Crippen LogP contribution in [0.1, 0.15) is 38.5 Å². The standard InChI is InChI=1S/C12H14N2O4.C2H6/c1-3-12(7-15)5-4-9(18-12)14-6-8(2)10(16)13-11(14)17;1-2/h1,6,9,15H,4-5,7H2,2H3,(H,13,16,17);1-2H3. The van der Waals surface area contributed by atoms with E-state index in [2.05, 4.69) is 10.9 Å². The molecule has 1 aromatic heterocycles. The summed E-state index contributed by atoms with van der Waals surface area (Å²) in [6, 6.07) is 0. The number of H-pyrrole nitrogens is 1. The van der Waals surface area contributed by atoms with Crippen LogP contribution in [0.5, 0.6) is 0 Å². The molecule has 0 amide bonds. The summed E-state index contributed by atoms with van der Waals surface area (Å²) in [7, 11) is 0. The highest BCUT2D eigenvalue weighted by Gasteiger charge is 2.39. The molecule has 2 atom stereocenters. The van der Waals surface area contributed by atoms with Gasteiger partial charge in [0.25, 0.3) is 5.56 Å². The van der Waals surface area contributed by atoms with E-state index in [-0.39, 0.29) is 6.61 Å². The molecule has 0 saturated carbocycles. The van der Waals surface area contributed by atoms with Crippen LogP contribution in [0.3, 0.4) is 0 Å². The van der Waals surface area contributed by atoms with Gasteiger partial charge in [-0.05, 0) is 19.8 Å². The summed E-state index contributed by atoms with van der Waals surface area (Å²) < 4.78 is 6.86. The van der Waals surface area contributed by atoms with E-state index in [0.29, 0.717) is 18.4 Å². The van der Waals surface area contributed by atoms with Crippen LogP contribution in [0.2, 0.25) is 0 Å². The lowest BCUT2D eigenvalue weighted by atomic mass is 10.0. The first kappa shape index (κ1) is 16.2. The van der Waals surface area contributed by atoms with Gasteiger partial charge in [0.05, 0.1) is 6.61 Å². The van der Waals surface area contributed by atoms with E-state index in [4.69, 9.17) is 11.2 Å². The fourth-order valence-electron chi connectivity index (χ4n) is 2.00. The predicted molar refractivity (Wildman–Crippen MR) is 75.4 cm³/mol. The number of aromatic amines is 1. The molecule has 0 aliphatic carbocycles. The zero-order chi connectivity index (χ0) is 15.3. The Morgan fingerprint density at radius 1 is 1.60 bits per heavy atom. The van der Waals surface area contributed by atoms with Crippen molar-refractivity contribution < 1.29 is 9.84 Å². The molecule has 110 valence electrons. The van der Waals surface area contributed by atoms with Crippen LogP contribution < -0.4 is 11.2 Å². The molecular formula is C14H20N2O4. The first-order valence-corrected chi connectivity index (χ1v) is 6.60. The van der Waals surface area contributed by atoms with E-state index in [0.717, 1.165) is 0 Å². The average Bonchev–Trinajstić information content (AvgIpc) is 2.90. The second-order valence-electron chi connectivity index (χ2n) is 4.39. The molecule has 1 saturated heterocycles. The molecule has 2 rings (SSSR count). The van der Waals surface area contributed by atoms with Gasteiger partial charge >= 0.3 is 5.69 Å². The minimum absolute atomic E-state index is 0.295. The Morgan fingerprint density at radius 3 is 2.75 bits per heavy atom. The molecule has 1 aromatic rings. The number of rotatable bonds is 2. The van der Waals surface area contributed by atoms with Gasteiger partial charge in [0, 0.05) is 11.8 Å². The molecule has 2 N–H and O–H groups in total. The molecule has 6 nitrogen and oxygen atoms in total. The Kier molecular flexibility index (Phi) is 5.31. The molecule has 0 radical (unpaired) electrons. The number of ether oxygens (including phenoxy) is 1. The van der Waals surface area contributed by atoms with E-state index in [9.17, 15) is 14.7 Å². The largest absolute Gasteiger partial charge is 0.392 e. The first-order valence-electron chi connectivity index (χ1n) is 6.60. The summed E-state index contributed by atoms with van der Waals surface area (Å²) in [6.45, 7) is 5.31. The van der Waals surface area contributed by atoms with E-state index in [1.807, 2.05) is 13.8 Å². The van der Waals surface area contributed by atoms with Gasteiger partial charge in [-0.3, -0.25) is 14.3 Å². The fourth-order valence-corrected chi connectivity index (χ4v) is 2.00. The minimum atomic E-state index is -1.03. The summed E-state index contributed by atoms with van der Waals surface area (Å²) in [4.78, 5) is 25.1. The normalized spacial score (nSPS) is 24.6. The fraction of sp³-hybridized carbons (Fsp3) is 0.571. The molecule has 1 aliphatic rings. The maximum atomic E-state index is 11.7. The molecule has 1 aliphatic heterocycles. The maximum absolute atomic E-state index is 11.7. The molecule has 1 fully saturated rings. The number of hydrogen-bond donors (Lipinski definition) is 2. The van der Waals surface area contributed by atoms with Crippen molar-refractivity contribution in [2.24, 2.45) is 0 Å². The number of aliphatic hydroxyl groups is 1. The highest BCUT2D eigenvalue weighted by molar-refractivity contribution is 5.12. The van der Waals surface area contributed by atoms with Gasteiger partial charge in [-0.1, -0.05) is 19.8 Å². The molecule has 0 aromatic carbocycles. The van der Waals surface area contributed by atoms with Gasteiger partial charge in [0.2, 0.25) is 0 Å². The Balaban J connectivity index is 0.000000956. The number of hydrogen-bond acceptors (Lipinski definition) is 4. The summed E-state index contributed by atoms with van der Waals surface area (Å²) in [5.41, 5.74) is -1.57. The zero-order valence-electron chi connectivity index (χ0n) is 12.0. The van der Waals surface area contributed by atoms with Crippen LogP contribution in [0.15, 0.2) is 15.8 Å². The summed E-state index contributed by atoms with van der Waals surface area (Å²) in [5.74, 6) is 2.41. The SMILES string of the molecule is C#CC1(CO)CCC(n2cc(C)c(=O)[nH]c2=O)O1.CC.